The molecule has 0 aliphatic rings. The number of hydrogen-bond donors (Lipinski definition) is 1. The van der Waals surface area contributed by atoms with E-state index < -0.39 is 11.8 Å². The van der Waals surface area contributed by atoms with E-state index in [0.717, 1.165) is 6.42 Å². The van der Waals surface area contributed by atoms with Gasteiger partial charge in [-0.3, -0.25) is 4.79 Å². The van der Waals surface area contributed by atoms with Crippen LogP contribution in [0.5, 0.6) is 5.88 Å². The Morgan fingerprint density at radius 3 is 2.69 bits per heavy atom. The zero-order valence-corrected chi connectivity index (χ0v) is 14.3. The summed E-state index contributed by atoms with van der Waals surface area (Å²) in [5.74, 6) is -0.795. The first-order chi connectivity index (χ1) is 12.7. The zero-order valence-electron chi connectivity index (χ0n) is 14.3. The normalized spacial score (nSPS) is 11.7. The van der Waals surface area contributed by atoms with E-state index in [1.807, 2.05) is 31.2 Å². The molecule has 3 aromatic rings. The Hall–Kier alpha value is -3.40. The molecule has 1 N–H and O–H groups in total. The molecule has 0 spiro atoms. The van der Waals surface area contributed by atoms with Gasteiger partial charge in [-0.15, -0.1) is 0 Å². The predicted octanol–water partition coefficient (Wildman–Crippen LogP) is 2.94. The van der Waals surface area contributed by atoms with Crippen LogP contribution in [-0.2, 0) is 11.3 Å². The van der Waals surface area contributed by atoms with Crippen molar-refractivity contribution in [3.63, 3.8) is 0 Å². The van der Waals surface area contributed by atoms with Crippen LogP contribution in [0, 0.1) is 11.3 Å². The Kier molecular flexibility index (Phi) is 5.44. The topological polar surface area (TPSA) is 101 Å². The molecule has 0 saturated carbocycles. The van der Waals surface area contributed by atoms with E-state index in [1.165, 1.54) is 6.26 Å². The van der Waals surface area contributed by atoms with Crippen molar-refractivity contribution >= 4 is 16.9 Å². The van der Waals surface area contributed by atoms with E-state index in [4.69, 9.17) is 9.15 Å². The molecule has 0 saturated heterocycles. The number of benzene rings is 1. The maximum Gasteiger partial charge on any atom is 0.244 e. The summed E-state index contributed by atoms with van der Waals surface area (Å²) in [6, 6.07) is 12.7. The van der Waals surface area contributed by atoms with E-state index >= 15 is 0 Å². The lowest BCUT2D eigenvalue weighted by molar-refractivity contribution is -0.121. The van der Waals surface area contributed by atoms with Gasteiger partial charge >= 0.3 is 0 Å². The standard InChI is InChI=1S/C19H18N4O3/c1-2-9-26-19-17(22-15-7-3-4-8-16(15)23-19)14(11-20)18(24)21-12-13-6-5-10-25-13/h3-8,10,14H,2,9,12H2,1H3,(H,21,24). The number of aromatic nitrogens is 2. The monoisotopic (exact) mass is 350 g/mol. The molecule has 2 heterocycles. The van der Waals surface area contributed by atoms with Crippen LogP contribution in [0.1, 0.15) is 30.7 Å². The summed E-state index contributed by atoms with van der Waals surface area (Å²) in [4.78, 5) is 21.4. The summed E-state index contributed by atoms with van der Waals surface area (Å²) < 4.78 is 10.8. The first-order valence-electron chi connectivity index (χ1n) is 8.32. The molecule has 0 fully saturated rings. The fourth-order valence-electron chi connectivity index (χ4n) is 2.42. The molecule has 26 heavy (non-hydrogen) atoms. The number of nitrogens with zero attached hydrogens (tertiary/aromatic N) is 3. The Balaban J connectivity index is 1.91. The van der Waals surface area contributed by atoms with Gasteiger partial charge in [-0.25, -0.2) is 9.97 Å². The van der Waals surface area contributed by atoms with Gasteiger partial charge in [0.1, 0.15) is 11.5 Å². The van der Waals surface area contributed by atoms with Crippen LogP contribution in [0.15, 0.2) is 47.1 Å². The van der Waals surface area contributed by atoms with Crippen molar-refractivity contribution in [2.75, 3.05) is 6.61 Å². The maximum absolute atomic E-state index is 12.5. The quantitative estimate of drug-likeness (QED) is 0.703. The molecule has 0 bridgehead atoms. The number of ether oxygens (including phenoxy) is 1. The Morgan fingerprint density at radius 1 is 1.27 bits per heavy atom. The van der Waals surface area contributed by atoms with Crippen molar-refractivity contribution in [1.82, 2.24) is 15.3 Å². The summed E-state index contributed by atoms with van der Waals surface area (Å²) >= 11 is 0. The number of carbonyl (C=O) groups excluding carboxylic acids is 1. The van der Waals surface area contributed by atoms with Crippen LogP contribution in [0.2, 0.25) is 0 Å². The number of hydrogen-bond acceptors (Lipinski definition) is 6. The number of furan rings is 1. The second kappa shape index (κ2) is 8.12. The molecule has 1 amide bonds. The minimum Gasteiger partial charge on any atom is -0.476 e. The molecular formula is C19H18N4O3. The third-order valence-corrected chi connectivity index (χ3v) is 3.69. The summed E-state index contributed by atoms with van der Waals surface area (Å²) in [6.45, 7) is 2.58. The highest BCUT2D eigenvalue weighted by atomic mass is 16.5. The lowest BCUT2D eigenvalue weighted by Crippen LogP contribution is -2.29. The van der Waals surface area contributed by atoms with Crippen LogP contribution in [0.25, 0.3) is 11.0 Å². The largest absolute Gasteiger partial charge is 0.476 e. The van der Waals surface area contributed by atoms with Gasteiger partial charge < -0.3 is 14.5 Å². The van der Waals surface area contributed by atoms with Gasteiger partial charge in [0.2, 0.25) is 11.8 Å². The molecule has 1 unspecified atom stereocenters. The third-order valence-electron chi connectivity index (χ3n) is 3.69. The van der Waals surface area contributed by atoms with Gasteiger partial charge in [-0.05, 0) is 30.7 Å². The van der Waals surface area contributed by atoms with Gasteiger partial charge in [-0.2, -0.15) is 5.26 Å². The highest BCUT2D eigenvalue weighted by Gasteiger charge is 2.27. The van der Waals surface area contributed by atoms with Gasteiger partial charge in [0, 0.05) is 0 Å². The molecule has 0 aliphatic carbocycles. The van der Waals surface area contributed by atoms with Gasteiger partial charge in [0.05, 0.1) is 36.5 Å². The van der Waals surface area contributed by atoms with E-state index in [-0.39, 0.29) is 18.1 Å². The number of nitrogens with one attached hydrogen (secondary N) is 1. The molecule has 7 nitrogen and oxygen atoms in total. The van der Waals surface area contributed by atoms with Crippen LogP contribution < -0.4 is 10.1 Å². The maximum atomic E-state index is 12.5. The molecule has 0 radical (unpaired) electrons. The highest BCUT2D eigenvalue weighted by molar-refractivity contribution is 5.87. The lowest BCUT2D eigenvalue weighted by Gasteiger charge is -2.14. The van der Waals surface area contributed by atoms with Crippen LogP contribution >= 0.6 is 0 Å². The second-order valence-electron chi connectivity index (χ2n) is 5.61. The van der Waals surface area contributed by atoms with Crippen molar-refractivity contribution in [1.29, 1.82) is 5.26 Å². The molecule has 132 valence electrons. The molecule has 3 rings (SSSR count). The second-order valence-corrected chi connectivity index (χ2v) is 5.61. The van der Waals surface area contributed by atoms with Crippen molar-refractivity contribution < 1.29 is 13.9 Å². The van der Waals surface area contributed by atoms with E-state index in [2.05, 4.69) is 15.3 Å². The Bertz CT molecular complexity index is 932. The highest BCUT2D eigenvalue weighted by Crippen LogP contribution is 2.26. The summed E-state index contributed by atoms with van der Waals surface area (Å²) in [5, 5.41) is 12.3. The van der Waals surface area contributed by atoms with Gasteiger partial charge in [-0.1, -0.05) is 19.1 Å². The number of carbonyl (C=O) groups is 1. The first kappa shape index (κ1) is 17.4. The molecule has 1 aromatic carbocycles. The van der Waals surface area contributed by atoms with Crippen LogP contribution in [0.3, 0.4) is 0 Å². The Morgan fingerprint density at radius 2 is 2.04 bits per heavy atom. The summed E-state index contributed by atoms with van der Waals surface area (Å²) in [5.41, 5.74) is 1.47. The van der Waals surface area contributed by atoms with Gasteiger partial charge in [0.25, 0.3) is 0 Å². The fourth-order valence-corrected chi connectivity index (χ4v) is 2.42. The first-order valence-corrected chi connectivity index (χ1v) is 8.32. The molecular weight excluding hydrogens is 332 g/mol. The fraction of sp³-hybridized carbons (Fsp3) is 0.263. The summed E-state index contributed by atoms with van der Waals surface area (Å²) in [6.07, 6.45) is 2.30. The zero-order chi connectivity index (χ0) is 18.4. The molecule has 1 atom stereocenters. The SMILES string of the molecule is CCCOc1nc2ccccc2nc1C(C#N)C(=O)NCc1ccco1. The lowest BCUT2D eigenvalue weighted by atomic mass is 10.1. The third kappa shape index (κ3) is 3.81. The summed E-state index contributed by atoms with van der Waals surface area (Å²) in [7, 11) is 0. The van der Waals surface area contributed by atoms with Crippen LogP contribution in [-0.4, -0.2) is 22.5 Å². The Labute approximate surface area is 150 Å². The number of para-hydroxylation sites is 2. The van der Waals surface area contributed by atoms with Crippen molar-refractivity contribution in [3.8, 4) is 11.9 Å². The average molecular weight is 350 g/mol. The number of amides is 1. The smallest absolute Gasteiger partial charge is 0.244 e. The minimum atomic E-state index is -1.13. The van der Waals surface area contributed by atoms with Crippen molar-refractivity contribution in [2.24, 2.45) is 0 Å². The average Bonchev–Trinajstić information content (AvgIpc) is 3.18. The minimum absolute atomic E-state index is 0.191. The number of rotatable bonds is 7. The van der Waals surface area contributed by atoms with Crippen molar-refractivity contribution in [2.45, 2.75) is 25.8 Å². The van der Waals surface area contributed by atoms with Crippen LogP contribution in [0.4, 0.5) is 0 Å². The van der Waals surface area contributed by atoms with E-state index in [0.29, 0.717) is 23.4 Å². The van der Waals surface area contributed by atoms with Crippen molar-refractivity contribution in [3.05, 3.63) is 54.1 Å². The number of fused-ring (bicyclic) bond motifs is 1. The molecule has 0 aliphatic heterocycles. The molecule has 2 aromatic heterocycles. The van der Waals surface area contributed by atoms with E-state index in [1.54, 1.807) is 18.2 Å². The molecule has 7 heteroatoms. The van der Waals surface area contributed by atoms with Gasteiger partial charge in [0.15, 0.2) is 5.92 Å². The predicted molar refractivity (Wildman–Crippen MR) is 94.2 cm³/mol. The number of nitriles is 1. The van der Waals surface area contributed by atoms with E-state index in [9.17, 15) is 10.1 Å².